The molecule has 0 saturated carbocycles. The molecule has 1 aromatic heterocycles. The van der Waals surface area contributed by atoms with E-state index in [9.17, 15) is 4.79 Å². The molecule has 0 aliphatic rings. The van der Waals surface area contributed by atoms with Crippen molar-refractivity contribution >= 4 is 11.6 Å². The fourth-order valence-corrected chi connectivity index (χ4v) is 1.30. The Bertz CT molecular complexity index is 324. The summed E-state index contributed by atoms with van der Waals surface area (Å²) in [6.07, 6.45) is 1.14. The Morgan fingerprint density at radius 2 is 2.27 bits per heavy atom. The van der Waals surface area contributed by atoms with E-state index in [0.29, 0.717) is 12.8 Å². The number of carbonyl (C=O) groups excluding carboxylic acids is 1. The number of anilines is 1. The lowest BCUT2D eigenvalue weighted by atomic mass is 10.2. The fraction of sp³-hybridized carbons (Fsp3) is 0.600. The van der Waals surface area contributed by atoms with E-state index in [-0.39, 0.29) is 11.9 Å². The van der Waals surface area contributed by atoms with Gasteiger partial charge >= 0.3 is 0 Å². The first-order valence-electron chi connectivity index (χ1n) is 5.07. The van der Waals surface area contributed by atoms with Gasteiger partial charge in [0.15, 0.2) is 0 Å². The first-order valence-corrected chi connectivity index (χ1v) is 5.07. The average molecular weight is 210 g/mol. The number of aromatic amines is 1. The number of rotatable bonds is 4. The predicted molar refractivity (Wildman–Crippen MR) is 59.6 cm³/mol. The molecule has 0 fully saturated rings. The molecule has 1 unspecified atom stereocenters. The van der Waals surface area contributed by atoms with Crippen LogP contribution in [0, 0.1) is 13.8 Å². The highest BCUT2D eigenvalue weighted by atomic mass is 16.1. The number of hydrogen-bond donors (Lipinski definition) is 3. The summed E-state index contributed by atoms with van der Waals surface area (Å²) in [4.78, 5) is 11.5. The number of aromatic nitrogens is 2. The maximum atomic E-state index is 11.5. The molecule has 0 aliphatic heterocycles. The van der Waals surface area contributed by atoms with Crippen LogP contribution in [0.4, 0.5) is 5.69 Å². The summed E-state index contributed by atoms with van der Waals surface area (Å²) in [5.41, 5.74) is 8.04. The van der Waals surface area contributed by atoms with Gasteiger partial charge in [-0.25, -0.2) is 0 Å². The van der Waals surface area contributed by atoms with Crippen LogP contribution in [0.25, 0.3) is 0 Å². The molecule has 1 atom stereocenters. The number of nitrogens with one attached hydrogen (secondary N) is 2. The van der Waals surface area contributed by atoms with Gasteiger partial charge < -0.3 is 11.1 Å². The van der Waals surface area contributed by atoms with Gasteiger partial charge in [-0.05, 0) is 27.2 Å². The quantitative estimate of drug-likeness (QED) is 0.695. The molecule has 1 heterocycles. The maximum absolute atomic E-state index is 11.5. The molecule has 1 aromatic rings. The third-order valence-corrected chi connectivity index (χ3v) is 2.22. The van der Waals surface area contributed by atoms with Crippen molar-refractivity contribution in [3.05, 3.63) is 11.4 Å². The Hall–Kier alpha value is -1.36. The summed E-state index contributed by atoms with van der Waals surface area (Å²) in [6, 6.07) is 0.0577. The molecule has 4 N–H and O–H groups in total. The van der Waals surface area contributed by atoms with Crippen LogP contribution in [-0.2, 0) is 4.79 Å². The smallest absolute Gasteiger partial charge is 0.224 e. The van der Waals surface area contributed by atoms with Crippen LogP contribution in [0.2, 0.25) is 0 Å². The Kier molecular flexibility index (Phi) is 3.85. The van der Waals surface area contributed by atoms with Gasteiger partial charge in [-0.2, -0.15) is 5.10 Å². The Balaban J connectivity index is 2.51. The van der Waals surface area contributed by atoms with Gasteiger partial charge in [0.05, 0.1) is 17.1 Å². The van der Waals surface area contributed by atoms with E-state index in [1.165, 1.54) is 0 Å². The van der Waals surface area contributed by atoms with Crippen molar-refractivity contribution in [3.8, 4) is 0 Å². The lowest BCUT2D eigenvalue weighted by Crippen LogP contribution is -2.19. The van der Waals surface area contributed by atoms with Crippen LogP contribution in [0.5, 0.6) is 0 Å². The minimum absolute atomic E-state index is 0.0140. The summed E-state index contributed by atoms with van der Waals surface area (Å²) in [7, 11) is 0. The molecule has 5 heteroatoms. The molecule has 84 valence electrons. The van der Waals surface area contributed by atoms with Crippen molar-refractivity contribution < 1.29 is 4.79 Å². The topological polar surface area (TPSA) is 83.8 Å². The predicted octanol–water partition coefficient (Wildman–Crippen LogP) is 1.09. The number of aryl methyl sites for hydroxylation is 2. The van der Waals surface area contributed by atoms with Gasteiger partial charge in [0.25, 0.3) is 0 Å². The van der Waals surface area contributed by atoms with Crippen molar-refractivity contribution in [2.75, 3.05) is 5.32 Å². The molecule has 0 aromatic carbocycles. The van der Waals surface area contributed by atoms with E-state index in [2.05, 4.69) is 15.5 Å². The molecule has 0 spiro atoms. The van der Waals surface area contributed by atoms with E-state index in [1.54, 1.807) is 0 Å². The monoisotopic (exact) mass is 210 g/mol. The molecule has 0 bridgehead atoms. The summed E-state index contributed by atoms with van der Waals surface area (Å²) in [6.45, 7) is 5.62. The van der Waals surface area contributed by atoms with Crippen molar-refractivity contribution in [1.29, 1.82) is 0 Å². The van der Waals surface area contributed by atoms with Crippen LogP contribution in [0.3, 0.4) is 0 Å². The number of carbonyl (C=O) groups is 1. The molecular formula is C10H18N4O. The van der Waals surface area contributed by atoms with Crippen LogP contribution < -0.4 is 11.1 Å². The lowest BCUT2D eigenvalue weighted by molar-refractivity contribution is -0.116. The van der Waals surface area contributed by atoms with E-state index in [1.807, 2.05) is 20.8 Å². The Labute approximate surface area is 89.4 Å². The first kappa shape index (κ1) is 11.7. The maximum Gasteiger partial charge on any atom is 0.224 e. The van der Waals surface area contributed by atoms with Crippen molar-refractivity contribution in [2.45, 2.75) is 39.7 Å². The number of hydrogen-bond acceptors (Lipinski definition) is 3. The lowest BCUT2D eigenvalue weighted by Gasteiger charge is -2.06. The normalized spacial score (nSPS) is 12.5. The van der Waals surface area contributed by atoms with Gasteiger partial charge in [0.1, 0.15) is 0 Å². The molecule has 5 nitrogen and oxygen atoms in total. The van der Waals surface area contributed by atoms with Crippen LogP contribution >= 0.6 is 0 Å². The molecule has 0 aliphatic carbocycles. The Morgan fingerprint density at radius 1 is 1.60 bits per heavy atom. The molecule has 0 radical (unpaired) electrons. The molecule has 1 amide bonds. The van der Waals surface area contributed by atoms with E-state index >= 15 is 0 Å². The van der Waals surface area contributed by atoms with Crippen LogP contribution in [0.1, 0.15) is 31.2 Å². The van der Waals surface area contributed by atoms with Crippen molar-refractivity contribution in [1.82, 2.24) is 10.2 Å². The second-order valence-electron chi connectivity index (χ2n) is 3.87. The average Bonchev–Trinajstić information content (AvgIpc) is 2.46. The SMILES string of the molecule is Cc1n[nH]c(C)c1NC(=O)CCC(C)N. The van der Waals surface area contributed by atoms with E-state index in [0.717, 1.165) is 17.1 Å². The molecular weight excluding hydrogens is 192 g/mol. The second-order valence-corrected chi connectivity index (χ2v) is 3.87. The summed E-state index contributed by atoms with van der Waals surface area (Å²) in [5.74, 6) is -0.0140. The van der Waals surface area contributed by atoms with Gasteiger partial charge in [-0.3, -0.25) is 9.89 Å². The van der Waals surface area contributed by atoms with Gasteiger partial charge in [0.2, 0.25) is 5.91 Å². The summed E-state index contributed by atoms with van der Waals surface area (Å²) in [5, 5.41) is 9.64. The highest BCUT2D eigenvalue weighted by Gasteiger charge is 2.10. The zero-order chi connectivity index (χ0) is 11.4. The fourth-order valence-electron chi connectivity index (χ4n) is 1.30. The zero-order valence-corrected chi connectivity index (χ0v) is 9.42. The Morgan fingerprint density at radius 3 is 2.73 bits per heavy atom. The zero-order valence-electron chi connectivity index (χ0n) is 9.42. The first-order chi connectivity index (χ1) is 7.00. The van der Waals surface area contributed by atoms with E-state index < -0.39 is 0 Å². The summed E-state index contributed by atoms with van der Waals surface area (Å²) < 4.78 is 0. The van der Waals surface area contributed by atoms with Gasteiger partial charge in [-0.15, -0.1) is 0 Å². The number of H-pyrrole nitrogens is 1. The standard InChI is InChI=1S/C10H18N4O/c1-6(11)4-5-9(15)12-10-7(2)13-14-8(10)3/h6H,4-5,11H2,1-3H3,(H,12,15)(H,13,14). The highest BCUT2D eigenvalue weighted by molar-refractivity contribution is 5.91. The number of nitrogens with two attached hydrogens (primary N) is 1. The molecule has 1 rings (SSSR count). The number of nitrogens with zero attached hydrogens (tertiary/aromatic N) is 1. The van der Waals surface area contributed by atoms with E-state index in [4.69, 9.17) is 5.73 Å². The van der Waals surface area contributed by atoms with Gasteiger partial charge in [0, 0.05) is 12.5 Å². The minimum Gasteiger partial charge on any atom is -0.328 e. The van der Waals surface area contributed by atoms with Crippen LogP contribution in [-0.4, -0.2) is 22.1 Å². The number of amides is 1. The van der Waals surface area contributed by atoms with Crippen molar-refractivity contribution in [3.63, 3.8) is 0 Å². The summed E-state index contributed by atoms with van der Waals surface area (Å²) >= 11 is 0. The minimum atomic E-state index is -0.0140. The second kappa shape index (κ2) is 4.93. The van der Waals surface area contributed by atoms with Gasteiger partial charge in [-0.1, -0.05) is 0 Å². The van der Waals surface area contributed by atoms with Crippen LogP contribution in [0.15, 0.2) is 0 Å². The van der Waals surface area contributed by atoms with Crippen molar-refractivity contribution in [2.24, 2.45) is 5.73 Å². The third-order valence-electron chi connectivity index (χ3n) is 2.22. The molecule has 0 saturated heterocycles. The molecule has 15 heavy (non-hydrogen) atoms. The highest BCUT2D eigenvalue weighted by Crippen LogP contribution is 2.16. The third kappa shape index (κ3) is 3.36. The largest absolute Gasteiger partial charge is 0.328 e.